The van der Waals surface area contributed by atoms with Gasteiger partial charge >= 0.3 is 0 Å². The maximum absolute atomic E-state index is 4.24. The molecule has 114 valence electrons. The molecule has 2 rings (SSSR count). The summed E-state index contributed by atoms with van der Waals surface area (Å²) in [5.41, 5.74) is 2.58. The van der Waals surface area contributed by atoms with E-state index in [4.69, 9.17) is 0 Å². The first-order chi connectivity index (χ1) is 9.69. The van der Waals surface area contributed by atoms with E-state index in [0.717, 1.165) is 22.8 Å². The lowest BCUT2D eigenvalue weighted by molar-refractivity contribution is 0.812. The summed E-state index contributed by atoms with van der Waals surface area (Å²) in [5.74, 6) is 0.817. The Hall–Kier alpha value is -0.600. The van der Waals surface area contributed by atoms with E-state index in [1.807, 2.05) is 0 Å². The van der Waals surface area contributed by atoms with Gasteiger partial charge in [-0.05, 0) is 46.1 Å². The van der Waals surface area contributed by atoms with Crippen molar-refractivity contribution >= 4 is 57.2 Å². The Morgan fingerprint density at radius 3 is 2.48 bits per heavy atom. The van der Waals surface area contributed by atoms with Crippen LogP contribution in [0.25, 0.3) is 0 Å². The zero-order valence-electron chi connectivity index (χ0n) is 12.0. The van der Waals surface area contributed by atoms with Gasteiger partial charge in [-0.3, -0.25) is 4.99 Å². The van der Waals surface area contributed by atoms with Gasteiger partial charge in [0.05, 0.1) is 10.3 Å². The summed E-state index contributed by atoms with van der Waals surface area (Å²) in [6.07, 6.45) is 0. The van der Waals surface area contributed by atoms with E-state index in [2.05, 4.69) is 74.9 Å². The zero-order valence-corrected chi connectivity index (χ0v) is 16.8. The maximum Gasteiger partial charge on any atom is 0.191 e. The molecule has 0 amide bonds. The third kappa shape index (κ3) is 5.96. The molecule has 0 aliphatic rings. The molecule has 0 aliphatic carbocycles. The Morgan fingerprint density at radius 2 is 1.86 bits per heavy atom. The van der Waals surface area contributed by atoms with Crippen molar-refractivity contribution in [3.8, 4) is 0 Å². The van der Waals surface area contributed by atoms with Crippen LogP contribution in [0.15, 0.2) is 45.2 Å². The second kappa shape index (κ2) is 9.42. The molecule has 2 aromatic rings. The predicted octanol–water partition coefficient (Wildman–Crippen LogP) is 4.30. The Balaban J connectivity index is 0.00000220. The van der Waals surface area contributed by atoms with Crippen LogP contribution >= 0.6 is 51.2 Å². The number of aliphatic imine (C=N–C) groups is 1. The van der Waals surface area contributed by atoms with Crippen LogP contribution in [0.4, 0.5) is 0 Å². The number of halogens is 2. The van der Waals surface area contributed by atoms with Crippen molar-refractivity contribution in [2.45, 2.75) is 20.0 Å². The van der Waals surface area contributed by atoms with Crippen LogP contribution < -0.4 is 10.6 Å². The predicted molar refractivity (Wildman–Crippen MR) is 106 cm³/mol. The average Bonchev–Trinajstić information content (AvgIpc) is 2.86. The van der Waals surface area contributed by atoms with Crippen molar-refractivity contribution in [3.05, 3.63) is 56.2 Å². The van der Waals surface area contributed by atoms with E-state index in [1.54, 1.807) is 18.4 Å². The Morgan fingerprint density at radius 1 is 1.14 bits per heavy atom. The first kappa shape index (κ1) is 18.4. The average molecular weight is 480 g/mol. The maximum atomic E-state index is 4.24. The lowest BCUT2D eigenvalue weighted by Gasteiger charge is -2.12. The monoisotopic (exact) mass is 479 g/mol. The Kier molecular flexibility index (Phi) is 8.28. The SMILES string of the molecule is CN=C(NCc1ccc(Br)s1)NCc1ccccc1C.I. The molecule has 0 saturated heterocycles. The number of nitrogens with one attached hydrogen (secondary N) is 2. The molecule has 21 heavy (non-hydrogen) atoms. The van der Waals surface area contributed by atoms with E-state index in [1.165, 1.54) is 16.0 Å². The van der Waals surface area contributed by atoms with Gasteiger partial charge in [-0.15, -0.1) is 35.3 Å². The van der Waals surface area contributed by atoms with Crippen LogP contribution in [-0.4, -0.2) is 13.0 Å². The van der Waals surface area contributed by atoms with Crippen molar-refractivity contribution < 1.29 is 0 Å². The molecule has 6 heteroatoms. The molecule has 0 aliphatic heterocycles. The van der Waals surface area contributed by atoms with Gasteiger partial charge in [0.25, 0.3) is 0 Å². The molecule has 0 radical (unpaired) electrons. The minimum absolute atomic E-state index is 0. The second-order valence-corrected chi connectivity index (χ2v) is 6.96. The summed E-state index contributed by atoms with van der Waals surface area (Å²) >= 11 is 5.20. The van der Waals surface area contributed by atoms with Crippen molar-refractivity contribution in [1.29, 1.82) is 0 Å². The van der Waals surface area contributed by atoms with Gasteiger partial charge in [-0.25, -0.2) is 0 Å². The summed E-state index contributed by atoms with van der Waals surface area (Å²) < 4.78 is 1.15. The van der Waals surface area contributed by atoms with Crippen molar-refractivity contribution in [2.24, 2.45) is 4.99 Å². The van der Waals surface area contributed by atoms with Crippen molar-refractivity contribution in [3.63, 3.8) is 0 Å². The molecule has 1 aromatic heterocycles. The highest BCUT2D eigenvalue weighted by Gasteiger charge is 2.02. The van der Waals surface area contributed by atoms with Gasteiger partial charge in [0.1, 0.15) is 0 Å². The standard InChI is InChI=1S/C15H18BrN3S.HI/c1-11-5-3-4-6-12(11)9-18-15(17-2)19-10-13-7-8-14(16)20-13;/h3-8H,9-10H2,1-2H3,(H2,17,18,19);1H. The number of rotatable bonds is 4. The minimum Gasteiger partial charge on any atom is -0.352 e. The molecule has 1 heterocycles. The molecule has 3 nitrogen and oxygen atoms in total. The van der Waals surface area contributed by atoms with Crippen LogP contribution in [0.2, 0.25) is 0 Å². The van der Waals surface area contributed by atoms with Gasteiger partial charge in [-0.1, -0.05) is 24.3 Å². The van der Waals surface area contributed by atoms with Crippen LogP contribution in [0.5, 0.6) is 0 Å². The van der Waals surface area contributed by atoms with Crippen LogP contribution in [0, 0.1) is 6.92 Å². The minimum atomic E-state index is 0. The van der Waals surface area contributed by atoms with Crippen molar-refractivity contribution in [1.82, 2.24) is 10.6 Å². The fourth-order valence-corrected chi connectivity index (χ4v) is 3.25. The van der Waals surface area contributed by atoms with Crippen LogP contribution in [-0.2, 0) is 13.1 Å². The number of aryl methyl sites for hydroxylation is 1. The summed E-state index contributed by atoms with van der Waals surface area (Å²) in [4.78, 5) is 5.52. The smallest absolute Gasteiger partial charge is 0.191 e. The van der Waals surface area contributed by atoms with E-state index in [0.29, 0.717) is 0 Å². The lowest BCUT2D eigenvalue weighted by Crippen LogP contribution is -2.36. The van der Waals surface area contributed by atoms with E-state index in [9.17, 15) is 0 Å². The first-order valence-electron chi connectivity index (χ1n) is 6.42. The fourth-order valence-electron chi connectivity index (χ4n) is 1.83. The lowest BCUT2D eigenvalue weighted by atomic mass is 10.1. The van der Waals surface area contributed by atoms with Gasteiger partial charge in [-0.2, -0.15) is 0 Å². The number of thiophene rings is 1. The van der Waals surface area contributed by atoms with Crippen LogP contribution in [0.1, 0.15) is 16.0 Å². The topological polar surface area (TPSA) is 36.4 Å². The van der Waals surface area contributed by atoms with Gasteiger partial charge in [0, 0.05) is 18.5 Å². The Bertz CT molecular complexity index is 598. The summed E-state index contributed by atoms with van der Waals surface area (Å²) in [6.45, 7) is 3.68. The molecule has 0 unspecified atom stereocenters. The van der Waals surface area contributed by atoms with E-state index < -0.39 is 0 Å². The Labute approximate surface area is 155 Å². The third-order valence-corrected chi connectivity index (χ3v) is 4.61. The summed E-state index contributed by atoms with van der Waals surface area (Å²) in [5, 5.41) is 6.65. The molecule has 2 N–H and O–H groups in total. The van der Waals surface area contributed by atoms with E-state index >= 15 is 0 Å². The second-order valence-electron chi connectivity index (χ2n) is 4.41. The number of hydrogen-bond donors (Lipinski definition) is 2. The summed E-state index contributed by atoms with van der Waals surface area (Å²) in [6, 6.07) is 12.5. The van der Waals surface area contributed by atoms with Gasteiger partial charge < -0.3 is 10.6 Å². The molecular formula is C15H19BrIN3S. The van der Waals surface area contributed by atoms with Gasteiger partial charge in [0.15, 0.2) is 5.96 Å². The molecule has 0 bridgehead atoms. The molecule has 0 atom stereocenters. The third-order valence-electron chi connectivity index (χ3n) is 2.99. The van der Waals surface area contributed by atoms with E-state index in [-0.39, 0.29) is 24.0 Å². The van der Waals surface area contributed by atoms with Crippen molar-refractivity contribution in [2.75, 3.05) is 7.05 Å². The quantitative estimate of drug-likeness (QED) is 0.389. The molecular weight excluding hydrogens is 461 g/mol. The normalized spacial score (nSPS) is 10.9. The number of benzene rings is 1. The summed E-state index contributed by atoms with van der Waals surface area (Å²) in [7, 11) is 1.79. The highest BCUT2D eigenvalue weighted by molar-refractivity contribution is 14.0. The zero-order chi connectivity index (χ0) is 14.4. The number of nitrogens with zero attached hydrogens (tertiary/aromatic N) is 1. The van der Waals surface area contributed by atoms with Crippen LogP contribution in [0.3, 0.4) is 0 Å². The number of hydrogen-bond acceptors (Lipinski definition) is 2. The fraction of sp³-hybridized carbons (Fsp3) is 0.267. The highest BCUT2D eigenvalue weighted by Crippen LogP contribution is 2.21. The largest absolute Gasteiger partial charge is 0.352 e. The number of guanidine groups is 1. The molecule has 0 fully saturated rings. The molecule has 0 saturated carbocycles. The molecule has 1 aromatic carbocycles. The highest BCUT2D eigenvalue weighted by atomic mass is 127. The molecule has 0 spiro atoms. The first-order valence-corrected chi connectivity index (χ1v) is 8.03. The van der Waals surface area contributed by atoms with Gasteiger partial charge in [0.2, 0.25) is 0 Å².